The number of para-hydroxylation sites is 1. The summed E-state index contributed by atoms with van der Waals surface area (Å²) in [7, 11) is 0. The number of nitrogens with zero attached hydrogens (tertiary/aromatic N) is 4. The van der Waals surface area contributed by atoms with E-state index < -0.39 is 0 Å². The van der Waals surface area contributed by atoms with Crippen LogP contribution in [-0.2, 0) is 6.42 Å². The van der Waals surface area contributed by atoms with Gasteiger partial charge in [-0.3, -0.25) is 0 Å². The first-order chi connectivity index (χ1) is 10.2. The van der Waals surface area contributed by atoms with Crippen LogP contribution in [0.2, 0.25) is 0 Å². The average molecular weight is 279 g/mol. The van der Waals surface area contributed by atoms with Crippen molar-refractivity contribution in [2.45, 2.75) is 25.8 Å². The van der Waals surface area contributed by atoms with Gasteiger partial charge in [0.25, 0.3) is 0 Å². The van der Waals surface area contributed by atoms with Crippen molar-refractivity contribution in [1.29, 1.82) is 0 Å². The molecule has 1 aromatic carbocycles. The summed E-state index contributed by atoms with van der Waals surface area (Å²) in [5.41, 5.74) is 9.37. The predicted octanol–water partition coefficient (Wildman–Crippen LogP) is 2.78. The fraction of sp³-hybridized carbons (Fsp3) is 0.250. The molecule has 21 heavy (non-hydrogen) atoms. The third-order valence-corrected chi connectivity index (χ3v) is 4.13. The normalized spacial score (nSPS) is 18.0. The zero-order chi connectivity index (χ0) is 14.4. The monoisotopic (exact) mass is 279 g/mol. The van der Waals surface area contributed by atoms with Crippen LogP contribution in [0.3, 0.4) is 0 Å². The molecular weight excluding hydrogens is 262 g/mol. The first-order valence-electron chi connectivity index (χ1n) is 7.20. The lowest BCUT2D eigenvalue weighted by Crippen LogP contribution is -2.34. The molecule has 1 atom stereocenters. The molecular formula is C16H17N5. The van der Waals surface area contributed by atoms with Crippen LogP contribution in [0.1, 0.15) is 18.9 Å². The van der Waals surface area contributed by atoms with E-state index in [4.69, 9.17) is 5.73 Å². The molecule has 2 N–H and O–H groups in total. The van der Waals surface area contributed by atoms with Gasteiger partial charge in [0.15, 0.2) is 11.5 Å². The van der Waals surface area contributed by atoms with Gasteiger partial charge in [-0.05, 0) is 31.4 Å². The number of imidazole rings is 1. The summed E-state index contributed by atoms with van der Waals surface area (Å²) in [5.74, 6) is 1.34. The Hall–Kier alpha value is -2.56. The highest BCUT2D eigenvalue weighted by Gasteiger charge is 2.27. The summed E-state index contributed by atoms with van der Waals surface area (Å²) in [6.45, 7) is 2.22. The summed E-state index contributed by atoms with van der Waals surface area (Å²) in [6, 6.07) is 8.86. The van der Waals surface area contributed by atoms with Crippen molar-refractivity contribution >= 4 is 23.0 Å². The molecule has 5 heteroatoms. The van der Waals surface area contributed by atoms with Crippen LogP contribution < -0.4 is 10.6 Å². The Morgan fingerprint density at radius 1 is 1.29 bits per heavy atom. The van der Waals surface area contributed by atoms with E-state index >= 15 is 0 Å². The molecule has 0 bridgehead atoms. The molecule has 4 rings (SSSR count). The van der Waals surface area contributed by atoms with Crippen molar-refractivity contribution in [2.24, 2.45) is 0 Å². The van der Waals surface area contributed by atoms with Crippen LogP contribution in [0.5, 0.6) is 0 Å². The van der Waals surface area contributed by atoms with Gasteiger partial charge in [0.05, 0.1) is 6.20 Å². The predicted molar refractivity (Wildman–Crippen MR) is 83.8 cm³/mol. The van der Waals surface area contributed by atoms with Crippen molar-refractivity contribution in [3.63, 3.8) is 0 Å². The zero-order valence-electron chi connectivity index (χ0n) is 11.9. The van der Waals surface area contributed by atoms with Crippen molar-refractivity contribution in [2.75, 3.05) is 10.6 Å². The van der Waals surface area contributed by atoms with E-state index in [1.807, 2.05) is 10.6 Å². The van der Waals surface area contributed by atoms with E-state index in [9.17, 15) is 0 Å². The van der Waals surface area contributed by atoms with E-state index in [0.29, 0.717) is 11.9 Å². The van der Waals surface area contributed by atoms with Gasteiger partial charge in [0, 0.05) is 24.1 Å². The Morgan fingerprint density at radius 2 is 2.14 bits per heavy atom. The molecule has 106 valence electrons. The summed E-state index contributed by atoms with van der Waals surface area (Å²) in [4.78, 5) is 11.3. The number of hydrogen-bond donors (Lipinski definition) is 1. The third-order valence-electron chi connectivity index (χ3n) is 4.13. The van der Waals surface area contributed by atoms with Crippen LogP contribution in [0.4, 0.5) is 17.3 Å². The average Bonchev–Trinajstić information content (AvgIpc) is 2.94. The Kier molecular flexibility index (Phi) is 2.60. The van der Waals surface area contributed by atoms with Gasteiger partial charge >= 0.3 is 0 Å². The number of hydrogen-bond acceptors (Lipinski definition) is 4. The number of aromatic nitrogens is 3. The summed E-state index contributed by atoms with van der Waals surface area (Å²) in [6.07, 6.45) is 7.67. The molecule has 1 unspecified atom stereocenters. The second-order valence-electron chi connectivity index (χ2n) is 5.53. The lowest BCUT2D eigenvalue weighted by Gasteiger charge is -2.36. The van der Waals surface area contributed by atoms with Crippen LogP contribution in [0, 0.1) is 0 Å². The van der Waals surface area contributed by atoms with Crippen molar-refractivity contribution in [3.05, 3.63) is 48.4 Å². The number of nitrogens with two attached hydrogens (primary N) is 1. The number of fused-ring (bicyclic) bond motifs is 2. The lowest BCUT2D eigenvalue weighted by molar-refractivity contribution is 0.614. The molecule has 0 fully saturated rings. The first-order valence-corrected chi connectivity index (χ1v) is 7.20. The Morgan fingerprint density at radius 3 is 3.05 bits per heavy atom. The Labute approximate surface area is 123 Å². The maximum atomic E-state index is 5.97. The first kappa shape index (κ1) is 12.2. The number of anilines is 3. The van der Waals surface area contributed by atoms with Gasteiger partial charge < -0.3 is 15.0 Å². The van der Waals surface area contributed by atoms with Gasteiger partial charge in [-0.2, -0.15) is 0 Å². The van der Waals surface area contributed by atoms with Crippen LogP contribution in [-0.4, -0.2) is 20.4 Å². The standard InChI is InChI=1S/C16H17N5/c1-11-6-7-12-4-2-3-5-13(12)21(11)16-15-18-8-9-20(15)10-14(17)19-16/h2-5,8-11H,6-7,17H2,1H3. The highest BCUT2D eigenvalue weighted by Crippen LogP contribution is 2.37. The SMILES string of the molecule is CC1CCc2ccccc2N1c1nc(N)cn2ccnc12. The smallest absolute Gasteiger partial charge is 0.180 e. The quantitative estimate of drug-likeness (QED) is 0.744. The highest BCUT2D eigenvalue weighted by molar-refractivity contribution is 5.76. The van der Waals surface area contributed by atoms with E-state index in [2.05, 4.69) is 46.1 Å². The molecule has 0 radical (unpaired) electrons. The fourth-order valence-electron chi connectivity index (χ4n) is 3.11. The Balaban J connectivity index is 1.97. The fourth-order valence-corrected chi connectivity index (χ4v) is 3.11. The van der Waals surface area contributed by atoms with Gasteiger partial charge in [-0.15, -0.1) is 0 Å². The maximum Gasteiger partial charge on any atom is 0.180 e. The number of nitrogen functional groups attached to an aromatic ring is 1. The molecule has 0 spiro atoms. The van der Waals surface area contributed by atoms with Crippen LogP contribution in [0.15, 0.2) is 42.9 Å². The number of benzene rings is 1. The molecule has 0 saturated carbocycles. The maximum absolute atomic E-state index is 5.97. The van der Waals surface area contributed by atoms with E-state index in [1.165, 1.54) is 11.3 Å². The number of rotatable bonds is 1. The van der Waals surface area contributed by atoms with Gasteiger partial charge in [-0.1, -0.05) is 18.2 Å². The minimum absolute atomic E-state index is 0.370. The zero-order valence-corrected chi connectivity index (χ0v) is 11.9. The number of aryl methyl sites for hydroxylation is 1. The molecule has 3 heterocycles. The van der Waals surface area contributed by atoms with Gasteiger partial charge in [-0.25, -0.2) is 9.97 Å². The second-order valence-corrected chi connectivity index (χ2v) is 5.53. The largest absolute Gasteiger partial charge is 0.382 e. The van der Waals surface area contributed by atoms with Crippen molar-refractivity contribution < 1.29 is 0 Å². The van der Waals surface area contributed by atoms with Gasteiger partial charge in [0.1, 0.15) is 5.82 Å². The molecule has 1 aliphatic heterocycles. The molecule has 5 nitrogen and oxygen atoms in total. The topological polar surface area (TPSA) is 59.5 Å². The highest BCUT2D eigenvalue weighted by atomic mass is 15.3. The molecule has 2 aromatic heterocycles. The van der Waals surface area contributed by atoms with E-state index in [-0.39, 0.29) is 0 Å². The molecule has 3 aromatic rings. The molecule has 0 saturated heterocycles. The summed E-state index contributed by atoms with van der Waals surface area (Å²) in [5, 5.41) is 0. The van der Waals surface area contributed by atoms with E-state index in [1.54, 1.807) is 12.4 Å². The lowest BCUT2D eigenvalue weighted by atomic mass is 9.97. The Bertz CT molecular complexity index is 807. The summed E-state index contributed by atoms with van der Waals surface area (Å²) >= 11 is 0. The molecule has 0 amide bonds. The van der Waals surface area contributed by atoms with Crippen LogP contribution >= 0.6 is 0 Å². The van der Waals surface area contributed by atoms with E-state index in [0.717, 1.165) is 24.3 Å². The van der Waals surface area contributed by atoms with Crippen LogP contribution in [0.25, 0.3) is 5.65 Å². The third kappa shape index (κ3) is 1.85. The summed E-state index contributed by atoms with van der Waals surface area (Å²) < 4.78 is 1.93. The van der Waals surface area contributed by atoms with Gasteiger partial charge in [0.2, 0.25) is 0 Å². The molecule has 0 aliphatic carbocycles. The molecule has 1 aliphatic rings. The van der Waals surface area contributed by atoms with Crippen molar-refractivity contribution in [3.8, 4) is 0 Å². The van der Waals surface area contributed by atoms with Crippen molar-refractivity contribution in [1.82, 2.24) is 14.4 Å². The second kappa shape index (κ2) is 4.48. The minimum atomic E-state index is 0.370. The minimum Gasteiger partial charge on any atom is -0.382 e.